The van der Waals surface area contributed by atoms with Crippen molar-refractivity contribution >= 4 is 17.8 Å². The average Bonchev–Trinajstić information content (AvgIpc) is 2.33. The molecule has 6 heteroatoms. The number of nitrogens with zero attached hydrogens (tertiary/aromatic N) is 1. The van der Waals surface area contributed by atoms with Crippen LogP contribution in [0.4, 0.5) is 0 Å². The Bertz CT molecular complexity index is 384. The van der Waals surface area contributed by atoms with Gasteiger partial charge in [0.25, 0.3) is 0 Å². The van der Waals surface area contributed by atoms with Gasteiger partial charge in [0.2, 0.25) is 5.91 Å². The quantitative estimate of drug-likeness (QED) is 0.568. The first kappa shape index (κ1) is 19.0. The van der Waals surface area contributed by atoms with E-state index in [0.29, 0.717) is 6.42 Å². The second kappa shape index (κ2) is 10.8. The van der Waals surface area contributed by atoms with E-state index in [0.717, 1.165) is 4.90 Å². The number of hydrogen-bond donors (Lipinski definition) is 2. The van der Waals surface area contributed by atoms with E-state index >= 15 is 0 Å². The lowest BCUT2D eigenvalue weighted by atomic mass is 10.3. The van der Waals surface area contributed by atoms with Gasteiger partial charge >= 0.3 is 11.9 Å². The molecule has 0 aromatic heterocycles. The summed E-state index contributed by atoms with van der Waals surface area (Å²) in [4.78, 5) is 31.9. The molecule has 0 atom stereocenters. The van der Waals surface area contributed by atoms with Crippen molar-refractivity contribution in [2.24, 2.45) is 0 Å². The summed E-state index contributed by atoms with van der Waals surface area (Å²) in [5.74, 6) is -2.09. The Hall–Kier alpha value is -2.37. The molecule has 0 bridgehead atoms. The van der Waals surface area contributed by atoms with Crippen LogP contribution in [0.15, 0.2) is 37.2 Å². The highest BCUT2D eigenvalue weighted by Gasteiger charge is 2.04. The van der Waals surface area contributed by atoms with Gasteiger partial charge in [0, 0.05) is 25.7 Å². The maximum atomic E-state index is 10.8. The first-order valence-electron chi connectivity index (χ1n) is 5.42. The number of aliphatic carboxylic acids is 2. The number of amides is 1. The average molecular weight is 269 g/mol. The van der Waals surface area contributed by atoms with Crippen LogP contribution in [0.3, 0.4) is 0 Å². The maximum absolute atomic E-state index is 10.8. The topological polar surface area (TPSA) is 94.9 Å². The summed E-state index contributed by atoms with van der Waals surface area (Å²) < 4.78 is 0. The lowest BCUT2D eigenvalue weighted by molar-refractivity contribution is -0.137. The zero-order valence-electron chi connectivity index (χ0n) is 11.1. The molecule has 0 spiro atoms. The van der Waals surface area contributed by atoms with Gasteiger partial charge in [-0.15, -0.1) is 6.58 Å². The third-order valence-electron chi connectivity index (χ3n) is 1.79. The number of allylic oxidation sites excluding steroid dienone is 1. The standard InChI is InChI=1S/C8H11NO3.C5H8O2/c1-4-9(7(3)10)5-6(2)8(11)12;1-2-3-4-5(6)7/h4-5H,1H2,2-3H3,(H,11,12);2H,1,3-4H2,(H,6,7). The van der Waals surface area contributed by atoms with Crippen molar-refractivity contribution < 1.29 is 24.6 Å². The molecule has 0 aliphatic heterocycles. The molecular formula is C13H19NO5. The first-order chi connectivity index (χ1) is 8.76. The van der Waals surface area contributed by atoms with Crippen LogP contribution in [0.1, 0.15) is 26.7 Å². The van der Waals surface area contributed by atoms with Crippen LogP contribution in [0, 0.1) is 0 Å². The Labute approximate surface area is 112 Å². The van der Waals surface area contributed by atoms with Crippen LogP contribution in [-0.2, 0) is 14.4 Å². The van der Waals surface area contributed by atoms with E-state index in [1.807, 2.05) is 0 Å². The molecule has 0 heterocycles. The largest absolute Gasteiger partial charge is 0.481 e. The lowest BCUT2D eigenvalue weighted by Gasteiger charge is -2.09. The molecule has 2 N–H and O–H groups in total. The summed E-state index contributed by atoms with van der Waals surface area (Å²) in [5, 5.41) is 16.5. The van der Waals surface area contributed by atoms with Crippen molar-refractivity contribution in [2.45, 2.75) is 26.7 Å². The second-order valence-electron chi connectivity index (χ2n) is 3.45. The van der Waals surface area contributed by atoms with Crippen LogP contribution in [0.5, 0.6) is 0 Å². The normalized spacial score (nSPS) is 9.68. The van der Waals surface area contributed by atoms with Gasteiger partial charge in [-0.05, 0) is 13.3 Å². The van der Waals surface area contributed by atoms with Crippen molar-refractivity contribution in [2.75, 3.05) is 0 Å². The molecule has 0 aromatic rings. The Morgan fingerprint density at radius 1 is 1.16 bits per heavy atom. The minimum atomic E-state index is -1.05. The number of carboxylic acids is 2. The summed E-state index contributed by atoms with van der Waals surface area (Å²) in [5.41, 5.74) is 0.0881. The van der Waals surface area contributed by atoms with Gasteiger partial charge in [-0.25, -0.2) is 4.79 Å². The lowest BCUT2D eigenvalue weighted by Crippen LogP contribution is -2.17. The highest BCUT2D eigenvalue weighted by Crippen LogP contribution is 1.98. The maximum Gasteiger partial charge on any atom is 0.332 e. The summed E-state index contributed by atoms with van der Waals surface area (Å²) in [6.07, 6.45) is 4.83. The molecule has 19 heavy (non-hydrogen) atoms. The predicted molar refractivity (Wildman–Crippen MR) is 71.2 cm³/mol. The van der Waals surface area contributed by atoms with Crippen LogP contribution in [-0.4, -0.2) is 33.0 Å². The highest BCUT2D eigenvalue weighted by molar-refractivity contribution is 5.87. The summed E-state index contributed by atoms with van der Waals surface area (Å²) >= 11 is 0. The Kier molecular flexibility index (Phi) is 10.8. The summed E-state index contributed by atoms with van der Waals surface area (Å²) in [7, 11) is 0. The van der Waals surface area contributed by atoms with Gasteiger partial charge in [0.1, 0.15) is 0 Å². The van der Waals surface area contributed by atoms with Crippen molar-refractivity contribution in [3.8, 4) is 0 Å². The number of rotatable bonds is 6. The van der Waals surface area contributed by atoms with E-state index in [-0.39, 0.29) is 17.9 Å². The SMILES string of the molecule is C=CCCC(=O)O.C=CN(C=C(C)C(=O)O)C(C)=O. The third kappa shape index (κ3) is 11.9. The van der Waals surface area contributed by atoms with E-state index in [9.17, 15) is 14.4 Å². The highest BCUT2D eigenvalue weighted by atomic mass is 16.4. The molecule has 0 aliphatic rings. The number of carbonyl (C=O) groups excluding carboxylic acids is 1. The molecule has 0 aliphatic carbocycles. The fraction of sp³-hybridized carbons (Fsp3) is 0.308. The van der Waals surface area contributed by atoms with Crippen molar-refractivity contribution in [3.63, 3.8) is 0 Å². The smallest absolute Gasteiger partial charge is 0.332 e. The van der Waals surface area contributed by atoms with E-state index in [4.69, 9.17) is 10.2 Å². The summed E-state index contributed by atoms with van der Waals surface area (Å²) in [6.45, 7) is 9.46. The number of hydrogen-bond acceptors (Lipinski definition) is 3. The molecule has 0 rings (SSSR count). The molecule has 6 nitrogen and oxygen atoms in total. The molecule has 106 valence electrons. The van der Waals surface area contributed by atoms with Gasteiger partial charge in [0.15, 0.2) is 0 Å². The number of carbonyl (C=O) groups is 3. The van der Waals surface area contributed by atoms with Crippen LogP contribution in [0.25, 0.3) is 0 Å². The minimum Gasteiger partial charge on any atom is -0.481 e. The first-order valence-corrected chi connectivity index (χ1v) is 5.42. The Morgan fingerprint density at radius 2 is 1.68 bits per heavy atom. The van der Waals surface area contributed by atoms with Gasteiger partial charge in [-0.1, -0.05) is 12.7 Å². The van der Waals surface area contributed by atoms with Gasteiger partial charge in [0.05, 0.1) is 5.57 Å². The third-order valence-corrected chi connectivity index (χ3v) is 1.79. The minimum absolute atomic E-state index is 0.0881. The molecule has 0 unspecified atom stereocenters. The molecule has 0 saturated heterocycles. The van der Waals surface area contributed by atoms with Gasteiger partial charge in [-0.3, -0.25) is 14.5 Å². The predicted octanol–water partition coefficient (Wildman–Crippen LogP) is 2.00. The van der Waals surface area contributed by atoms with Crippen molar-refractivity contribution in [1.82, 2.24) is 4.90 Å². The molecule has 1 amide bonds. The van der Waals surface area contributed by atoms with Crippen LogP contribution < -0.4 is 0 Å². The fourth-order valence-electron chi connectivity index (χ4n) is 0.762. The van der Waals surface area contributed by atoms with E-state index in [1.54, 1.807) is 6.08 Å². The summed E-state index contributed by atoms with van der Waals surface area (Å²) in [6, 6.07) is 0. The zero-order valence-corrected chi connectivity index (χ0v) is 11.1. The van der Waals surface area contributed by atoms with Crippen LogP contribution in [0.2, 0.25) is 0 Å². The second-order valence-corrected chi connectivity index (χ2v) is 3.45. The van der Waals surface area contributed by atoms with Crippen molar-refractivity contribution in [3.05, 3.63) is 37.2 Å². The Balaban J connectivity index is 0. The van der Waals surface area contributed by atoms with Crippen molar-refractivity contribution in [1.29, 1.82) is 0 Å². The number of carboxylic acid groups (broad SMARTS) is 2. The Morgan fingerprint density at radius 3 is 1.89 bits per heavy atom. The van der Waals surface area contributed by atoms with Gasteiger partial charge in [-0.2, -0.15) is 0 Å². The molecule has 0 radical (unpaired) electrons. The fourth-order valence-corrected chi connectivity index (χ4v) is 0.762. The molecule has 0 saturated carbocycles. The van der Waals surface area contributed by atoms with Gasteiger partial charge < -0.3 is 10.2 Å². The zero-order chi connectivity index (χ0) is 15.4. The van der Waals surface area contributed by atoms with E-state index < -0.39 is 11.9 Å². The van der Waals surface area contributed by atoms with E-state index in [2.05, 4.69) is 13.2 Å². The molecular weight excluding hydrogens is 250 g/mol. The monoisotopic (exact) mass is 269 g/mol. The van der Waals surface area contributed by atoms with E-state index in [1.165, 1.54) is 26.2 Å². The molecule has 0 fully saturated rings. The molecule has 0 aromatic carbocycles. The van der Waals surface area contributed by atoms with Crippen LogP contribution >= 0.6 is 0 Å².